The molecule has 1 aromatic carbocycles. The molecule has 3 N–H and O–H groups in total. The monoisotopic (exact) mass is 301 g/mol. The summed E-state index contributed by atoms with van der Waals surface area (Å²) in [6.07, 6.45) is 3.02. The normalized spacial score (nSPS) is 10.2. The number of hydrogen-bond donors (Lipinski definition) is 3. The highest BCUT2D eigenvalue weighted by atomic mass is 79.9. The molecule has 94 valence electrons. The number of benzene rings is 1. The highest BCUT2D eigenvalue weighted by Crippen LogP contribution is 2.21. The lowest BCUT2D eigenvalue weighted by atomic mass is 10.1. The highest BCUT2D eigenvalue weighted by Gasteiger charge is 2.10. The van der Waals surface area contributed by atoms with Crippen LogP contribution in [0.25, 0.3) is 0 Å². The van der Waals surface area contributed by atoms with Crippen molar-refractivity contribution in [2.45, 2.75) is 19.3 Å². The minimum Gasteiger partial charge on any atom is -0.508 e. The first kappa shape index (κ1) is 13.8. The van der Waals surface area contributed by atoms with Gasteiger partial charge in [-0.15, -0.1) is 0 Å². The number of carbonyl (C=O) groups excluding carboxylic acids is 1. The fourth-order valence-electron chi connectivity index (χ4n) is 1.40. The highest BCUT2D eigenvalue weighted by molar-refractivity contribution is 9.09. The van der Waals surface area contributed by atoms with Gasteiger partial charge in [0.2, 0.25) is 0 Å². The van der Waals surface area contributed by atoms with Crippen LogP contribution in [-0.2, 0) is 0 Å². The number of alkyl halides is 1. The SMILES string of the molecule is O=C(NCCCCCBr)c1cc(O)ccc1O. The first-order valence-electron chi connectivity index (χ1n) is 5.51. The summed E-state index contributed by atoms with van der Waals surface area (Å²) in [7, 11) is 0. The summed E-state index contributed by atoms with van der Waals surface area (Å²) < 4.78 is 0. The average Bonchev–Trinajstić information content (AvgIpc) is 2.32. The number of unbranched alkanes of at least 4 members (excludes halogenated alkanes) is 2. The zero-order valence-electron chi connectivity index (χ0n) is 9.45. The molecular weight excluding hydrogens is 286 g/mol. The van der Waals surface area contributed by atoms with E-state index in [-0.39, 0.29) is 23.0 Å². The van der Waals surface area contributed by atoms with Crippen LogP contribution in [0.2, 0.25) is 0 Å². The number of phenols is 2. The lowest BCUT2D eigenvalue weighted by molar-refractivity contribution is 0.0950. The molecule has 0 heterocycles. The molecule has 0 saturated heterocycles. The number of rotatable bonds is 6. The van der Waals surface area contributed by atoms with Gasteiger partial charge in [0, 0.05) is 11.9 Å². The van der Waals surface area contributed by atoms with E-state index in [9.17, 15) is 15.0 Å². The predicted octanol–water partition coefficient (Wildman–Crippen LogP) is 2.39. The molecule has 0 aliphatic carbocycles. The number of halogens is 1. The quantitative estimate of drug-likeness (QED) is 0.429. The topological polar surface area (TPSA) is 69.6 Å². The Bertz CT molecular complexity index is 382. The molecule has 0 atom stereocenters. The van der Waals surface area contributed by atoms with E-state index in [1.165, 1.54) is 18.2 Å². The number of amides is 1. The molecule has 1 aromatic rings. The zero-order chi connectivity index (χ0) is 12.7. The van der Waals surface area contributed by atoms with Crippen molar-refractivity contribution in [2.75, 3.05) is 11.9 Å². The second kappa shape index (κ2) is 7.17. The molecule has 0 aliphatic heterocycles. The van der Waals surface area contributed by atoms with Gasteiger partial charge < -0.3 is 15.5 Å². The summed E-state index contributed by atoms with van der Waals surface area (Å²) in [5, 5.41) is 22.4. The van der Waals surface area contributed by atoms with Crippen molar-refractivity contribution in [3.63, 3.8) is 0 Å². The van der Waals surface area contributed by atoms with E-state index in [2.05, 4.69) is 21.2 Å². The fourth-order valence-corrected chi connectivity index (χ4v) is 1.80. The van der Waals surface area contributed by atoms with Crippen molar-refractivity contribution < 1.29 is 15.0 Å². The summed E-state index contributed by atoms with van der Waals surface area (Å²) in [6.45, 7) is 0.570. The van der Waals surface area contributed by atoms with E-state index in [0.717, 1.165) is 24.6 Å². The van der Waals surface area contributed by atoms with Gasteiger partial charge in [-0.2, -0.15) is 0 Å². The lowest BCUT2D eigenvalue weighted by Gasteiger charge is -2.06. The van der Waals surface area contributed by atoms with Crippen LogP contribution in [0.1, 0.15) is 29.6 Å². The van der Waals surface area contributed by atoms with Crippen molar-refractivity contribution in [1.29, 1.82) is 0 Å². The Labute approximate surface area is 109 Å². The Balaban J connectivity index is 2.44. The van der Waals surface area contributed by atoms with Crippen molar-refractivity contribution in [1.82, 2.24) is 5.32 Å². The fraction of sp³-hybridized carbons (Fsp3) is 0.417. The Morgan fingerprint density at radius 2 is 2.00 bits per heavy atom. The van der Waals surface area contributed by atoms with E-state index in [1.54, 1.807) is 0 Å². The molecule has 0 unspecified atom stereocenters. The van der Waals surface area contributed by atoms with Gasteiger partial charge in [0.25, 0.3) is 5.91 Å². The van der Waals surface area contributed by atoms with Gasteiger partial charge in [0.1, 0.15) is 11.5 Å². The summed E-state index contributed by atoms with van der Waals surface area (Å²) in [5.41, 5.74) is 0.102. The molecule has 0 aliphatic rings. The molecule has 5 heteroatoms. The summed E-state index contributed by atoms with van der Waals surface area (Å²) >= 11 is 3.34. The van der Waals surface area contributed by atoms with E-state index < -0.39 is 0 Å². The van der Waals surface area contributed by atoms with Gasteiger partial charge >= 0.3 is 0 Å². The van der Waals surface area contributed by atoms with Crippen LogP contribution in [0.4, 0.5) is 0 Å². The molecule has 0 aromatic heterocycles. The van der Waals surface area contributed by atoms with E-state index in [4.69, 9.17) is 0 Å². The maximum atomic E-state index is 11.7. The van der Waals surface area contributed by atoms with E-state index >= 15 is 0 Å². The maximum Gasteiger partial charge on any atom is 0.255 e. The number of nitrogens with one attached hydrogen (secondary N) is 1. The third kappa shape index (κ3) is 4.65. The average molecular weight is 302 g/mol. The van der Waals surface area contributed by atoms with E-state index in [0.29, 0.717) is 6.54 Å². The molecule has 17 heavy (non-hydrogen) atoms. The molecular formula is C12H16BrNO3. The smallest absolute Gasteiger partial charge is 0.255 e. The van der Waals surface area contributed by atoms with Gasteiger partial charge in [0.15, 0.2) is 0 Å². The van der Waals surface area contributed by atoms with Crippen LogP contribution >= 0.6 is 15.9 Å². The van der Waals surface area contributed by atoms with Gasteiger partial charge in [-0.25, -0.2) is 0 Å². The summed E-state index contributed by atoms with van der Waals surface area (Å²) in [4.78, 5) is 11.7. The van der Waals surface area contributed by atoms with Crippen LogP contribution in [-0.4, -0.2) is 28.0 Å². The van der Waals surface area contributed by atoms with Crippen molar-refractivity contribution in [2.24, 2.45) is 0 Å². The molecule has 4 nitrogen and oxygen atoms in total. The Hall–Kier alpha value is -1.23. The Morgan fingerprint density at radius 1 is 1.24 bits per heavy atom. The molecule has 1 amide bonds. The minimum absolute atomic E-state index is 0.0350. The first-order valence-corrected chi connectivity index (χ1v) is 6.63. The van der Waals surface area contributed by atoms with Crippen molar-refractivity contribution in [3.05, 3.63) is 23.8 Å². The van der Waals surface area contributed by atoms with E-state index in [1.807, 2.05) is 0 Å². The number of aromatic hydroxyl groups is 2. The largest absolute Gasteiger partial charge is 0.508 e. The molecule has 0 saturated carbocycles. The summed E-state index contributed by atoms with van der Waals surface area (Å²) in [5.74, 6) is -0.523. The van der Waals surface area contributed by atoms with Crippen LogP contribution in [0.15, 0.2) is 18.2 Å². The van der Waals surface area contributed by atoms with Gasteiger partial charge in [0.05, 0.1) is 5.56 Å². The second-order valence-electron chi connectivity index (χ2n) is 3.71. The van der Waals surface area contributed by atoms with Gasteiger partial charge in [-0.05, 0) is 31.0 Å². The molecule has 0 fully saturated rings. The van der Waals surface area contributed by atoms with Crippen molar-refractivity contribution >= 4 is 21.8 Å². The van der Waals surface area contributed by atoms with Crippen LogP contribution in [0.5, 0.6) is 11.5 Å². The van der Waals surface area contributed by atoms with Gasteiger partial charge in [-0.1, -0.05) is 22.4 Å². The Kier molecular flexibility index (Phi) is 5.83. The van der Waals surface area contributed by atoms with Crippen LogP contribution in [0.3, 0.4) is 0 Å². The molecule has 0 bridgehead atoms. The van der Waals surface area contributed by atoms with Crippen LogP contribution in [0, 0.1) is 0 Å². The second-order valence-corrected chi connectivity index (χ2v) is 4.50. The van der Waals surface area contributed by atoms with Gasteiger partial charge in [-0.3, -0.25) is 4.79 Å². The number of hydrogen-bond acceptors (Lipinski definition) is 3. The minimum atomic E-state index is -0.364. The molecule has 0 radical (unpaired) electrons. The third-order valence-corrected chi connectivity index (χ3v) is 2.88. The third-order valence-electron chi connectivity index (χ3n) is 2.32. The maximum absolute atomic E-state index is 11.7. The standard InChI is InChI=1S/C12H16BrNO3/c13-6-2-1-3-7-14-12(17)10-8-9(15)4-5-11(10)16/h4-5,8,15-16H,1-3,6-7H2,(H,14,17). The number of phenolic OH excluding ortho intramolecular Hbond substituents is 2. The summed E-state index contributed by atoms with van der Waals surface area (Å²) in [6, 6.07) is 3.89. The predicted molar refractivity (Wildman–Crippen MR) is 69.7 cm³/mol. The number of carbonyl (C=O) groups is 1. The molecule has 1 rings (SSSR count). The first-order chi connectivity index (χ1) is 8.15. The molecule has 0 spiro atoms. The Morgan fingerprint density at radius 3 is 2.71 bits per heavy atom. The van der Waals surface area contributed by atoms with Crippen LogP contribution < -0.4 is 5.32 Å². The zero-order valence-corrected chi connectivity index (χ0v) is 11.0. The lowest BCUT2D eigenvalue weighted by Crippen LogP contribution is -2.24. The van der Waals surface area contributed by atoms with Crippen molar-refractivity contribution in [3.8, 4) is 11.5 Å².